The maximum Gasteiger partial charge on any atom is 0.405 e. The molecule has 10 heteroatoms. The van der Waals surface area contributed by atoms with Gasteiger partial charge in [-0.3, -0.25) is 10.1 Å². The summed E-state index contributed by atoms with van der Waals surface area (Å²) in [6, 6.07) is 0. The Morgan fingerprint density at radius 2 is 2.10 bits per heavy atom. The third-order valence-corrected chi connectivity index (χ3v) is 2.33. The van der Waals surface area contributed by atoms with Crippen molar-refractivity contribution in [2.75, 3.05) is 29.9 Å². The van der Waals surface area contributed by atoms with Gasteiger partial charge in [-0.25, -0.2) is 4.98 Å². The molecule has 0 radical (unpaired) electrons. The molecule has 0 saturated heterocycles. The largest absolute Gasteiger partial charge is 0.405 e. The van der Waals surface area contributed by atoms with Crippen LogP contribution < -0.4 is 10.2 Å². The third kappa shape index (κ3) is 4.21. The normalized spacial score (nSPS) is 11.2. The van der Waals surface area contributed by atoms with Crippen molar-refractivity contribution in [2.24, 2.45) is 0 Å². The van der Waals surface area contributed by atoms with Gasteiger partial charge in [-0.2, -0.15) is 18.2 Å². The zero-order valence-electron chi connectivity index (χ0n) is 10.9. The molecule has 0 amide bonds. The lowest BCUT2D eigenvalue weighted by Crippen LogP contribution is -2.35. The number of hydrogen-bond donors (Lipinski definition) is 1. The van der Waals surface area contributed by atoms with Crippen LogP contribution in [0.5, 0.6) is 0 Å². The summed E-state index contributed by atoms with van der Waals surface area (Å²) in [7, 11) is 0. The second-order valence-corrected chi connectivity index (χ2v) is 3.82. The zero-order chi connectivity index (χ0) is 15.3. The Labute approximate surface area is 113 Å². The highest BCUT2D eigenvalue weighted by Gasteiger charge is 2.33. The van der Waals surface area contributed by atoms with Gasteiger partial charge >= 0.3 is 11.9 Å². The number of alkyl halides is 3. The molecule has 1 aromatic rings. The molecule has 1 heterocycles. The second-order valence-electron chi connectivity index (χ2n) is 3.82. The molecule has 112 valence electrons. The van der Waals surface area contributed by atoms with Gasteiger partial charge in [-0.1, -0.05) is 0 Å². The summed E-state index contributed by atoms with van der Waals surface area (Å²) >= 11 is 0. The molecule has 20 heavy (non-hydrogen) atoms. The Balaban J connectivity index is 3.21. The summed E-state index contributed by atoms with van der Waals surface area (Å²) in [5.74, 6) is -0.297. The molecule has 0 spiro atoms. The van der Waals surface area contributed by atoms with Crippen LogP contribution in [0, 0.1) is 10.1 Å². The molecule has 0 bridgehead atoms. The van der Waals surface area contributed by atoms with Crippen LogP contribution in [-0.4, -0.2) is 40.7 Å². The van der Waals surface area contributed by atoms with E-state index in [0.29, 0.717) is 6.54 Å². The minimum Gasteiger partial charge on any atom is -0.354 e. The minimum absolute atomic E-state index is 0.0497. The number of anilines is 2. The van der Waals surface area contributed by atoms with Crippen LogP contribution in [0.3, 0.4) is 0 Å². The van der Waals surface area contributed by atoms with Crippen molar-refractivity contribution in [3.8, 4) is 0 Å². The number of nitro groups is 1. The van der Waals surface area contributed by atoms with E-state index >= 15 is 0 Å². The number of halogens is 3. The molecule has 0 fully saturated rings. The smallest absolute Gasteiger partial charge is 0.354 e. The molecule has 7 nitrogen and oxygen atoms in total. The topological polar surface area (TPSA) is 84.2 Å². The van der Waals surface area contributed by atoms with E-state index in [1.54, 1.807) is 6.92 Å². The molecule has 1 N–H and O–H groups in total. The van der Waals surface area contributed by atoms with Crippen molar-refractivity contribution in [1.82, 2.24) is 9.97 Å². The van der Waals surface area contributed by atoms with Gasteiger partial charge in [0.25, 0.3) is 0 Å². The van der Waals surface area contributed by atoms with Gasteiger partial charge in [0, 0.05) is 13.1 Å². The maximum atomic E-state index is 12.5. The first-order valence-electron chi connectivity index (χ1n) is 5.85. The van der Waals surface area contributed by atoms with Crippen LogP contribution in [0.25, 0.3) is 0 Å². The van der Waals surface area contributed by atoms with E-state index in [2.05, 4.69) is 15.3 Å². The maximum absolute atomic E-state index is 12.5. The standard InChI is InChI=1S/C10H14F3N5O2/c1-3-14-9-15-5-7(18(19)20)8(16-9)17(4-2)6-10(11,12)13/h5H,3-4,6H2,1-2H3,(H,14,15,16). The Morgan fingerprint density at radius 1 is 1.45 bits per heavy atom. The predicted octanol–water partition coefficient (Wildman–Crippen LogP) is 2.21. The highest BCUT2D eigenvalue weighted by atomic mass is 19.4. The van der Waals surface area contributed by atoms with E-state index in [1.807, 2.05) is 0 Å². The van der Waals surface area contributed by atoms with E-state index in [0.717, 1.165) is 11.1 Å². The molecule has 0 atom stereocenters. The lowest BCUT2D eigenvalue weighted by Gasteiger charge is -2.23. The van der Waals surface area contributed by atoms with Crippen molar-refractivity contribution in [3.63, 3.8) is 0 Å². The van der Waals surface area contributed by atoms with Crippen molar-refractivity contribution in [1.29, 1.82) is 0 Å². The first-order valence-corrected chi connectivity index (χ1v) is 5.85. The number of hydrogen-bond acceptors (Lipinski definition) is 6. The van der Waals surface area contributed by atoms with E-state index < -0.39 is 23.3 Å². The van der Waals surface area contributed by atoms with Gasteiger partial charge in [-0.15, -0.1) is 0 Å². The van der Waals surface area contributed by atoms with Crippen LogP contribution in [-0.2, 0) is 0 Å². The molecule has 0 aromatic carbocycles. The Kier molecular flexibility index (Phi) is 5.06. The molecule has 1 rings (SSSR count). The van der Waals surface area contributed by atoms with Gasteiger partial charge in [0.05, 0.1) is 4.92 Å². The predicted molar refractivity (Wildman–Crippen MR) is 66.8 cm³/mol. The fraction of sp³-hybridized carbons (Fsp3) is 0.600. The first kappa shape index (κ1) is 15.9. The number of nitrogens with one attached hydrogen (secondary N) is 1. The number of aromatic nitrogens is 2. The molecule has 0 saturated carbocycles. The lowest BCUT2D eigenvalue weighted by atomic mass is 10.4. The van der Waals surface area contributed by atoms with E-state index in [9.17, 15) is 23.3 Å². The third-order valence-electron chi connectivity index (χ3n) is 2.33. The van der Waals surface area contributed by atoms with Crippen molar-refractivity contribution in [3.05, 3.63) is 16.3 Å². The highest BCUT2D eigenvalue weighted by molar-refractivity contribution is 5.59. The average Bonchev–Trinajstić information content (AvgIpc) is 2.35. The van der Waals surface area contributed by atoms with E-state index in [1.165, 1.54) is 6.92 Å². The summed E-state index contributed by atoms with van der Waals surface area (Å²) in [4.78, 5) is 18.4. The lowest BCUT2D eigenvalue weighted by molar-refractivity contribution is -0.384. The van der Waals surface area contributed by atoms with E-state index in [-0.39, 0.29) is 18.3 Å². The molecule has 0 aliphatic heterocycles. The molecular formula is C10H14F3N5O2. The van der Waals surface area contributed by atoms with Crippen LogP contribution in [0.15, 0.2) is 6.20 Å². The van der Waals surface area contributed by atoms with Crippen LogP contribution in [0.2, 0.25) is 0 Å². The fourth-order valence-corrected chi connectivity index (χ4v) is 1.52. The Hall–Kier alpha value is -2.13. The first-order chi connectivity index (χ1) is 9.28. The summed E-state index contributed by atoms with van der Waals surface area (Å²) in [6.45, 7) is 2.28. The zero-order valence-corrected chi connectivity index (χ0v) is 10.9. The van der Waals surface area contributed by atoms with Crippen LogP contribution >= 0.6 is 0 Å². The van der Waals surface area contributed by atoms with Gasteiger partial charge in [0.15, 0.2) is 0 Å². The fourth-order valence-electron chi connectivity index (χ4n) is 1.52. The molecular weight excluding hydrogens is 279 g/mol. The van der Waals surface area contributed by atoms with Gasteiger partial charge in [-0.05, 0) is 13.8 Å². The monoisotopic (exact) mass is 293 g/mol. The Bertz CT molecular complexity index is 480. The molecule has 1 aromatic heterocycles. The highest BCUT2D eigenvalue weighted by Crippen LogP contribution is 2.28. The Morgan fingerprint density at radius 3 is 2.55 bits per heavy atom. The van der Waals surface area contributed by atoms with Gasteiger partial charge < -0.3 is 10.2 Å². The number of nitrogens with zero attached hydrogens (tertiary/aromatic N) is 4. The van der Waals surface area contributed by atoms with Gasteiger partial charge in [0.1, 0.15) is 12.7 Å². The van der Waals surface area contributed by atoms with Crippen molar-refractivity contribution >= 4 is 17.5 Å². The van der Waals surface area contributed by atoms with Gasteiger partial charge in [0.2, 0.25) is 11.8 Å². The van der Waals surface area contributed by atoms with E-state index in [4.69, 9.17) is 0 Å². The molecule has 0 unspecified atom stereocenters. The summed E-state index contributed by atoms with van der Waals surface area (Å²) < 4.78 is 37.5. The molecule has 0 aliphatic carbocycles. The van der Waals surface area contributed by atoms with Crippen molar-refractivity contribution in [2.45, 2.75) is 20.0 Å². The average molecular weight is 293 g/mol. The quantitative estimate of drug-likeness (QED) is 0.639. The summed E-state index contributed by atoms with van der Waals surface area (Å²) in [5, 5.41) is 13.6. The number of rotatable bonds is 6. The van der Waals surface area contributed by atoms with Crippen LogP contribution in [0.4, 0.5) is 30.6 Å². The SMILES string of the molecule is CCNc1ncc([N+](=O)[O-])c(N(CC)CC(F)(F)F)n1. The minimum atomic E-state index is -4.48. The van der Waals surface area contributed by atoms with Crippen molar-refractivity contribution < 1.29 is 18.1 Å². The summed E-state index contributed by atoms with van der Waals surface area (Å²) in [6.07, 6.45) is -3.58. The summed E-state index contributed by atoms with van der Waals surface area (Å²) in [5.41, 5.74) is -0.558. The molecule has 0 aliphatic rings. The second kappa shape index (κ2) is 6.35. The van der Waals surface area contributed by atoms with Crippen LogP contribution in [0.1, 0.15) is 13.8 Å².